The number of phosphoric acid groups is 1. The fourth-order valence-corrected chi connectivity index (χ4v) is 9.13. The Kier molecular flexibility index (Phi) is 51.7. The zero-order valence-electron chi connectivity index (χ0n) is 45.5. The number of carbonyl (C=O) groups is 3. The van der Waals surface area contributed by atoms with Crippen LogP contribution in [0.25, 0.3) is 0 Å². The SMILES string of the molecule is CCCCCCCC/C=C\CCCCCCCCCC(=O)OC(COC(=O)CCCCCCC/C=C\CCCCCCCC)COP(=O)(O)OCC(CO)OC(=O)CCCCCCCCCCCCC. The maximum atomic E-state index is 12.9. The van der Waals surface area contributed by atoms with Gasteiger partial charge >= 0.3 is 25.7 Å². The molecule has 412 valence electrons. The van der Waals surface area contributed by atoms with Crippen molar-refractivity contribution in [2.45, 2.75) is 303 Å². The molecule has 12 heteroatoms. The normalized spacial score (nSPS) is 13.5. The first-order valence-electron chi connectivity index (χ1n) is 29.2. The van der Waals surface area contributed by atoms with Crippen molar-refractivity contribution in [3.05, 3.63) is 24.3 Å². The van der Waals surface area contributed by atoms with Gasteiger partial charge in [-0.3, -0.25) is 23.4 Å². The molecule has 0 heterocycles. The van der Waals surface area contributed by atoms with E-state index in [-0.39, 0.29) is 25.9 Å². The highest BCUT2D eigenvalue weighted by Gasteiger charge is 2.28. The monoisotopic (exact) mass is 1010 g/mol. The second-order valence-corrected chi connectivity index (χ2v) is 21.3. The number of aliphatic hydroxyl groups excluding tert-OH is 1. The molecule has 0 bridgehead atoms. The molecule has 0 fully saturated rings. The first-order chi connectivity index (χ1) is 34.2. The molecule has 0 rings (SSSR count). The molecule has 0 saturated carbocycles. The third kappa shape index (κ3) is 50.9. The summed E-state index contributed by atoms with van der Waals surface area (Å²) in [6.45, 7) is 4.65. The van der Waals surface area contributed by atoms with Gasteiger partial charge in [-0.05, 0) is 70.6 Å². The van der Waals surface area contributed by atoms with Crippen LogP contribution >= 0.6 is 7.82 Å². The van der Waals surface area contributed by atoms with Gasteiger partial charge in [0.15, 0.2) is 6.10 Å². The molecule has 0 saturated heterocycles. The van der Waals surface area contributed by atoms with E-state index in [4.69, 9.17) is 23.3 Å². The molecule has 11 nitrogen and oxygen atoms in total. The topological polar surface area (TPSA) is 155 Å². The van der Waals surface area contributed by atoms with E-state index in [0.717, 1.165) is 83.5 Å². The summed E-state index contributed by atoms with van der Waals surface area (Å²) in [5, 5.41) is 9.79. The smallest absolute Gasteiger partial charge is 0.462 e. The molecule has 2 N–H and O–H groups in total. The van der Waals surface area contributed by atoms with Crippen molar-refractivity contribution in [3.63, 3.8) is 0 Å². The lowest BCUT2D eigenvalue weighted by molar-refractivity contribution is -0.161. The summed E-state index contributed by atoms with van der Waals surface area (Å²) in [6, 6.07) is 0. The average Bonchev–Trinajstić information content (AvgIpc) is 3.35. The van der Waals surface area contributed by atoms with Gasteiger partial charge in [0, 0.05) is 19.3 Å². The second kappa shape index (κ2) is 53.3. The predicted octanol–water partition coefficient (Wildman–Crippen LogP) is 17.0. The van der Waals surface area contributed by atoms with Crippen molar-refractivity contribution in [3.8, 4) is 0 Å². The fourth-order valence-electron chi connectivity index (χ4n) is 8.35. The van der Waals surface area contributed by atoms with Crippen LogP contribution in [0.1, 0.15) is 290 Å². The third-order valence-electron chi connectivity index (χ3n) is 12.8. The molecule has 0 spiro atoms. The van der Waals surface area contributed by atoms with Crippen LogP contribution in [0.4, 0.5) is 0 Å². The number of hydrogen-bond donors (Lipinski definition) is 2. The Morgan fingerprint density at radius 1 is 0.386 bits per heavy atom. The van der Waals surface area contributed by atoms with Gasteiger partial charge in [0.05, 0.1) is 19.8 Å². The van der Waals surface area contributed by atoms with Gasteiger partial charge in [0.2, 0.25) is 0 Å². The zero-order chi connectivity index (χ0) is 51.3. The van der Waals surface area contributed by atoms with E-state index in [1.54, 1.807) is 0 Å². The Hall–Kier alpha value is -2.04. The third-order valence-corrected chi connectivity index (χ3v) is 13.8. The van der Waals surface area contributed by atoms with Crippen molar-refractivity contribution in [1.29, 1.82) is 0 Å². The van der Waals surface area contributed by atoms with Crippen LogP contribution in [0.2, 0.25) is 0 Å². The lowest BCUT2D eigenvalue weighted by atomic mass is 10.1. The summed E-state index contributed by atoms with van der Waals surface area (Å²) in [6.07, 6.45) is 52.8. The van der Waals surface area contributed by atoms with Crippen molar-refractivity contribution < 1.29 is 52.2 Å². The van der Waals surface area contributed by atoms with Gasteiger partial charge in [0.25, 0.3) is 0 Å². The summed E-state index contributed by atoms with van der Waals surface area (Å²) >= 11 is 0. The van der Waals surface area contributed by atoms with Crippen LogP contribution in [0.5, 0.6) is 0 Å². The van der Waals surface area contributed by atoms with Crippen molar-refractivity contribution in [2.75, 3.05) is 26.4 Å². The quantitative estimate of drug-likeness (QED) is 0.0197. The van der Waals surface area contributed by atoms with Crippen LogP contribution in [0.15, 0.2) is 24.3 Å². The number of ether oxygens (including phenoxy) is 3. The predicted molar refractivity (Wildman–Crippen MR) is 289 cm³/mol. The number of allylic oxidation sites excluding steroid dienone is 4. The van der Waals surface area contributed by atoms with Crippen LogP contribution < -0.4 is 0 Å². The Morgan fingerprint density at radius 2 is 0.657 bits per heavy atom. The number of carbonyl (C=O) groups excluding carboxylic acids is 3. The minimum atomic E-state index is -4.74. The largest absolute Gasteiger partial charge is 0.472 e. The lowest BCUT2D eigenvalue weighted by Gasteiger charge is -2.21. The van der Waals surface area contributed by atoms with Crippen molar-refractivity contribution >= 4 is 25.7 Å². The van der Waals surface area contributed by atoms with Crippen LogP contribution in [-0.4, -0.2) is 66.5 Å². The lowest BCUT2D eigenvalue weighted by Crippen LogP contribution is -2.30. The van der Waals surface area contributed by atoms with Gasteiger partial charge in [-0.25, -0.2) is 4.57 Å². The minimum absolute atomic E-state index is 0.165. The number of esters is 3. The molecule has 3 unspecified atom stereocenters. The van der Waals surface area contributed by atoms with E-state index in [0.29, 0.717) is 19.3 Å². The van der Waals surface area contributed by atoms with E-state index in [2.05, 4.69) is 45.1 Å². The van der Waals surface area contributed by atoms with Gasteiger partial charge < -0.3 is 24.2 Å². The van der Waals surface area contributed by atoms with Crippen molar-refractivity contribution in [2.24, 2.45) is 0 Å². The minimum Gasteiger partial charge on any atom is -0.462 e. The van der Waals surface area contributed by atoms with E-state index in [1.165, 1.54) is 148 Å². The van der Waals surface area contributed by atoms with Crippen LogP contribution in [0.3, 0.4) is 0 Å². The highest BCUT2D eigenvalue weighted by molar-refractivity contribution is 7.47. The van der Waals surface area contributed by atoms with E-state index >= 15 is 0 Å². The molecule has 0 aliphatic rings. The molecule has 0 aliphatic carbocycles. The van der Waals surface area contributed by atoms with Gasteiger partial charge in [-0.15, -0.1) is 0 Å². The molecule has 0 aromatic carbocycles. The number of hydrogen-bond acceptors (Lipinski definition) is 10. The summed E-state index contributed by atoms with van der Waals surface area (Å²) in [5.41, 5.74) is 0. The molecule has 0 aromatic rings. The second-order valence-electron chi connectivity index (χ2n) is 19.8. The first kappa shape index (κ1) is 68.0. The zero-order valence-corrected chi connectivity index (χ0v) is 46.4. The Balaban J connectivity index is 4.71. The van der Waals surface area contributed by atoms with E-state index in [1.807, 2.05) is 0 Å². The summed E-state index contributed by atoms with van der Waals surface area (Å²) < 4.78 is 39.5. The summed E-state index contributed by atoms with van der Waals surface area (Å²) in [4.78, 5) is 48.5. The number of aliphatic hydroxyl groups is 1. The first-order valence-corrected chi connectivity index (χ1v) is 30.7. The molecule has 0 aromatic heterocycles. The number of unbranched alkanes of at least 4 members (excludes halogenated alkanes) is 34. The highest BCUT2D eigenvalue weighted by Crippen LogP contribution is 2.43. The molecule has 70 heavy (non-hydrogen) atoms. The highest BCUT2D eigenvalue weighted by atomic mass is 31.2. The maximum absolute atomic E-state index is 12.9. The molecule has 3 atom stereocenters. The van der Waals surface area contributed by atoms with E-state index in [9.17, 15) is 28.9 Å². The fraction of sp³-hybridized carbons (Fsp3) is 0.879. The standard InChI is InChI=1S/C58H109O11P/c1-4-7-10-13-16-19-22-24-26-27-29-31-34-37-40-43-46-49-58(62)69-55(51-65-56(60)47-44-41-38-35-33-30-28-25-23-20-17-14-11-8-5-2)53-67-70(63,64)66-52-54(50-59)68-57(61)48-45-42-39-36-32-21-18-15-12-9-6-3/h24-26,28,54-55,59H,4-23,27,29-53H2,1-3H3,(H,63,64)/b26-24-,28-25-. The van der Waals surface area contributed by atoms with Crippen LogP contribution in [0, 0.1) is 0 Å². The molecule has 0 aliphatic heterocycles. The molecular weight excluding hydrogens is 904 g/mol. The van der Waals surface area contributed by atoms with Gasteiger partial charge in [-0.1, -0.05) is 225 Å². The number of rotatable bonds is 55. The Bertz CT molecular complexity index is 1270. The van der Waals surface area contributed by atoms with Crippen LogP contribution in [-0.2, 0) is 42.2 Å². The van der Waals surface area contributed by atoms with Crippen molar-refractivity contribution in [1.82, 2.24) is 0 Å². The summed E-state index contributed by atoms with van der Waals surface area (Å²) in [7, 11) is -4.74. The molecular formula is C58H109O11P. The summed E-state index contributed by atoms with van der Waals surface area (Å²) in [5.74, 6) is -1.46. The van der Waals surface area contributed by atoms with E-state index < -0.39 is 57.8 Å². The molecule has 0 radical (unpaired) electrons. The number of phosphoric ester groups is 1. The van der Waals surface area contributed by atoms with Gasteiger partial charge in [0.1, 0.15) is 12.7 Å². The maximum Gasteiger partial charge on any atom is 0.472 e. The molecule has 0 amide bonds. The Labute approximate surface area is 429 Å². The average molecular weight is 1010 g/mol. The Morgan fingerprint density at radius 3 is 0.986 bits per heavy atom. The van der Waals surface area contributed by atoms with Gasteiger partial charge in [-0.2, -0.15) is 0 Å².